The molecule has 0 aliphatic heterocycles. The van der Waals surface area contributed by atoms with Crippen LogP contribution in [-0.4, -0.2) is 25.1 Å². The van der Waals surface area contributed by atoms with Gasteiger partial charge in [-0.05, 0) is 62.1 Å². The van der Waals surface area contributed by atoms with Gasteiger partial charge < -0.3 is 9.88 Å². The topological polar surface area (TPSA) is 80.2 Å². The highest BCUT2D eigenvalue weighted by Crippen LogP contribution is 2.38. The molecule has 1 aliphatic rings. The first-order chi connectivity index (χ1) is 12.7. The Labute approximate surface area is 160 Å². The van der Waals surface area contributed by atoms with Gasteiger partial charge >= 0.3 is 0 Å². The average molecular weight is 388 g/mol. The van der Waals surface area contributed by atoms with E-state index in [0.29, 0.717) is 18.3 Å². The number of anilines is 1. The van der Waals surface area contributed by atoms with Crippen molar-refractivity contribution >= 4 is 27.7 Å². The lowest BCUT2D eigenvalue weighted by Crippen LogP contribution is -2.20. The maximum absolute atomic E-state index is 12.1. The Hall–Kier alpha value is -2.54. The first-order valence-corrected chi connectivity index (χ1v) is 10.8. The molecule has 1 heterocycles. The minimum atomic E-state index is -3.32. The second-order valence-corrected chi connectivity index (χ2v) is 8.80. The zero-order chi connectivity index (χ0) is 19.6. The molecule has 1 amide bonds. The lowest BCUT2D eigenvalue weighted by atomic mass is 10.2. The highest BCUT2D eigenvalue weighted by molar-refractivity contribution is 7.92. The number of amides is 1. The number of hydrogen-bond donors (Lipinski definition) is 2. The highest BCUT2D eigenvalue weighted by atomic mass is 32.2. The predicted molar refractivity (Wildman–Crippen MR) is 108 cm³/mol. The molecule has 0 spiro atoms. The zero-order valence-electron chi connectivity index (χ0n) is 15.8. The van der Waals surface area contributed by atoms with Crippen LogP contribution in [0.25, 0.3) is 6.08 Å². The second kappa shape index (κ2) is 7.60. The minimum absolute atomic E-state index is 0.187. The Kier molecular flexibility index (Phi) is 5.41. The molecule has 2 N–H and O–H groups in total. The fourth-order valence-corrected chi connectivity index (χ4v) is 3.79. The molecule has 1 fully saturated rings. The lowest BCUT2D eigenvalue weighted by molar-refractivity contribution is -0.116. The van der Waals surface area contributed by atoms with Gasteiger partial charge in [0.25, 0.3) is 0 Å². The zero-order valence-corrected chi connectivity index (χ0v) is 16.6. The molecule has 0 unspecified atom stereocenters. The quantitative estimate of drug-likeness (QED) is 0.716. The molecule has 7 heteroatoms. The lowest BCUT2D eigenvalue weighted by Gasteiger charge is -2.07. The number of carbonyl (C=O) groups excluding carboxylic acids is 1. The molecule has 1 aromatic heterocycles. The average Bonchev–Trinajstić information content (AvgIpc) is 3.36. The van der Waals surface area contributed by atoms with E-state index >= 15 is 0 Å². The van der Waals surface area contributed by atoms with Crippen LogP contribution >= 0.6 is 0 Å². The minimum Gasteiger partial charge on any atom is -0.348 e. The SMILES string of the molecule is Cc1cc(C=CC(=O)NCc2cccc(NS(C)(=O)=O)c2)c(C)n1C1CC1. The van der Waals surface area contributed by atoms with Crippen LogP contribution in [0.3, 0.4) is 0 Å². The van der Waals surface area contributed by atoms with Crippen molar-refractivity contribution in [3.63, 3.8) is 0 Å². The normalized spacial score (nSPS) is 14.5. The number of benzene rings is 1. The fraction of sp³-hybridized carbons (Fsp3) is 0.350. The molecule has 0 saturated heterocycles. The van der Waals surface area contributed by atoms with Gasteiger partial charge in [-0.1, -0.05) is 12.1 Å². The molecule has 0 radical (unpaired) electrons. The van der Waals surface area contributed by atoms with Gasteiger partial charge in [0.2, 0.25) is 15.9 Å². The third-order valence-electron chi connectivity index (χ3n) is 4.55. The number of rotatable bonds is 7. The van der Waals surface area contributed by atoms with Crippen LogP contribution in [0.15, 0.2) is 36.4 Å². The van der Waals surface area contributed by atoms with Crippen molar-refractivity contribution in [1.82, 2.24) is 9.88 Å². The number of aromatic nitrogens is 1. The number of hydrogen-bond acceptors (Lipinski definition) is 3. The summed E-state index contributed by atoms with van der Waals surface area (Å²) in [5.41, 5.74) is 4.78. The summed E-state index contributed by atoms with van der Waals surface area (Å²) in [4.78, 5) is 12.1. The molecule has 0 atom stereocenters. The first-order valence-electron chi connectivity index (χ1n) is 8.94. The van der Waals surface area contributed by atoms with Crippen molar-refractivity contribution in [2.75, 3.05) is 11.0 Å². The Morgan fingerprint density at radius 1 is 1.26 bits per heavy atom. The van der Waals surface area contributed by atoms with E-state index in [1.807, 2.05) is 12.1 Å². The molecule has 0 bridgehead atoms. The monoisotopic (exact) mass is 387 g/mol. The summed E-state index contributed by atoms with van der Waals surface area (Å²) in [6.07, 6.45) is 6.95. The number of aryl methyl sites for hydroxylation is 1. The van der Waals surface area contributed by atoms with Crippen LogP contribution in [0.5, 0.6) is 0 Å². The molecular weight excluding hydrogens is 362 g/mol. The van der Waals surface area contributed by atoms with Gasteiger partial charge in [-0.25, -0.2) is 8.42 Å². The van der Waals surface area contributed by atoms with Crippen molar-refractivity contribution in [3.05, 3.63) is 58.9 Å². The summed E-state index contributed by atoms with van der Waals surface area (Å²) in [5.74, 6) is -0.187. The molecular formula is C20H25N3O3S. The van der Waals surface area contributed by atoms with E-state index < -0.39 is 10.0 Å². The van der Waals surface area contributed by atoms with Crippen LogP contribution in [0, 0.1) is 13.8 Å². The maximum atomic E-state index is 12.1. The second-order valence-electron chi connectivity index (χ2n) is 7.05. The van der Waals surface area contributed by atoms with Crippen LogP contribution in [-0.2, 0) is 21.4 Å². The Bertz CT molecular complexity index is 986. The molecule has 27 heavy (non-hydrogen) atoms. The first kappa shape index (κ1) is 19.2. The maximum Gasteiger partial charge on any atom is 0.244 e. The van der Waals surface area contributed by atoms with E-state index in [4.69, 9.17) is 0 Å². The highest BCUT2D eigenvalue weighted by Gasteiger charge is 2.26. The van der Waals surface area contributed by atoms with E-state index in [-0.39, 0.29) is 5.91 Å². The van der Waals surface area contributed by atoms with Crippen LogP contribution < -0.4 is 10.0 Å². The summed E-state index contributed by atoms with van der Waals surface area (Å²) in [6, 6.07) is 9.68. The van der Waals surface area contributed by atoms with Gasteiger partial charge in [0.1, 0.15) is 0 Å². The fourth-order valence-electron chi connectivity index (χ4n) is 3.24. The number of carbonyl (C=O) groups is 1. The summed E-state index contributed by atoms with van der Waals surface area (Å²) in [7, 11) is -3.32. The van der Waals surface area contributed by atoms with Gasteiger partial charge in [-0.15, -0.1) is 0 Å². The predicted octanol–water partition coefficient (Wildman–Crippen LogP) is 3.14. The Balaban J connectivity index is 1.59. The molecule has 1 aromatic carbocycles. The smallest absolute Gasteiger partial charge is 0.244 e. The summed E-state index contributed by atoms with van der Waals surface area (Å²) in [6.45, 7) is 4.51. The van der Waals surface area contributed by atoms with Crippen LogP contribution in [0.2, 0.25) is 0 Å². The van der Waals surface area contributed by atoms with E-state index in [9.17, 15) is 13.2 Å². The van der Waals surface area contributed by atoms with Crippen LogP contribution in [0.1, 0.15) is 41.4 Å². The van der Waals surface area contributed by atoms with Crippen molar-refractivity contribution < 1.29 is 13.2 Å². The molecule has 1 aliphatic carbocycles. The van der Waals surface area contributed by atoms with Gasteiger partial charge in [-0.2, -0.15) is 0 Å². The Morgan fingerprint density at radius 3 is 2.67 bits per heavy atom. The number of nitrogens with zero attached hydrogens (tertiary/aromatic N) is 1. The van der Waals surface area contributed by atoms with Gasteiger partial charge in [0.05, 0.1) is 6.26 Å². The number of sulfonamides is 1. The van der Waals surface area contributed by atoms with Gasteiger partial charge in [0, 0.05) is 35.7 Å². The van der Waals surface area contributed by atoms with E-state index in [0.717, 1.165) is 17.4 Å². The Morgan fingerprint density at radius 2 is 2.00 bits per heavy atom. The summed E-state index contributed by atoms with van der Waals surface area (Å²) < 4.78 is 27.4. The van der Waals surface area contributed by atoms with Crippen molar-refractivity contribution in [2.24, 2.45) is 0 Å². The van der Waals surface area contributed by atoms with Crippen molar-refractivity contribution in [1.29, 1.82) is 0 Å². The van der Waals surface area contributed by atoms with Crippen molar-refractivity contribution in [2.45, 2.75) is 39.3 Å². The molecule has 3 rings (SSSR count). The van der Waals surface area contributed by atoms with E-state index in [2.05, 4.69) is 34.5 Å². The largest absolute Gasteiger partial charge is 0.348 e. The molecule has 1 saturated carbocycles. The standard InChI is InChI=1S/C20H25N3O3S/c1-14-11-17(15(2)23(14)19-8-9-19)7-10-20(24)21-13-16-5-4-6-18(12-16)22-27(3,25)26/h4-7,10-12,19,22H,8-9,13H2,1-3H3,(H,21,24). The third kappa shape index (κ3) is 5.23. The van der Waals surface area contributed by atoms with E-state index in [1.54, 1.807) is 18.2 Å². The van der Waals surface area contributed by atoms with Crippen LogP contribution in [0.4, 0.5) is 5.69 Å². The summed E-state index contributed by atoms with van der Waals surface area (Å²) in [5, 5.41) is 2.83. The summed E-state index contributed by atoms with van der Waals surface area (Å²) >= 11 is 0. The van der Waals surface area contributed by atoms with E-state index in [1.165, 1.54) is 30.3 Å². The van der Waals surface area contributed by atoms with Gasteiger partial charge in [-0.3, -0.25) is 9.52 Å². The van der Waals surface area contributed by atoms with Gasteiger partial charge in [0.15, 0.2) is 0 Å². The number of nitrogens with one attached hydrogen (secondary N) is 2. The molecule has 2 aromatic rings. The molecule has 6 nitrogen and oxygen atoms in total. The molecule has 144 valence electrons. The van der Waals surface area contributed by atoms with Crippen molar-refractivity contribution in [3.8, 4) is 0 Å². The third-order valence-corrected chi connectivity index (χ3v) is 5.15.